The van der Waals surface area contributed by atoms with E-state index in [-0.39, 0.29) is 11.7 Å². The van der Waals surface area contributed by atoms with Gasteiger partial charge in [0.15, 0.2) is 5.78 Å². The Morgan fingerprint density at radius 2 is 1.74 bits per heavy atom. The molecule has 1 aliphatic carbocycles. The SMILES string of the molecule is O=C(O)C(Oc1ccccc1)C(=O)C1CCCCC1. The summed E-state index contributed by atoms with van der Waals surface area (Å²) in [6.45, 7) is 0. The van der Waals surface area contributed by atoms with Gasteiger partial charge in [0.2, 0.25) is 0 Å². The highest BCUT2D eigenvalue weighted by atomic mass is 16.5. The van der Waals surface area contributed by atoms with E-state index in [1.165, 1.54) is 0 Å². The van der Waals surface area contributed by atoms with E-state index in [0.717, 1.165) is 32.1 Å². The van der Waals surface area contributed by atoms with Gasteiger partial charge in [0, 0.05) is 5.92 Å². The quantitative estimate of drug-likeness (QED) is 0.829. The van der Waals surface area contributed by atoms with Crippen LogP contribution in [0.15, 0.2) is 30.3 Å². The fourth-order valence-electron chi connectivity index (χ4n) is 2.47. The first-order valence-electron chi connectivity index (χ1n) is 6.66. The Morgan fingerprint density at radius 3 is 2.32 bits per heavy atom. The van der Waals surface area contributed by atoms with E-state index in [1.54, 1.807) is 24.3 Å². The smallest absolute Gasteiger partial charge is 0.352 e. The number of carbonyl (C=O) groups is 2. The predicted octanol–water partition coefficient (Wildman–Crippen LogP) is 2.67. The third-order valence-electron chi connectivity index (χ3n) is 3.49. The number of para-hydroxylation sites is 1. The second-order valence-electron chi connectivity index (χ2n) is 4.89. The topological polar surface area (TPSA) is 63.6 Å². The number of ether oxygens (including phenoxy) is 1. The molecule has 1 saturated carbocycles. The van der Waals surface area contributed by atoms with Crippen LogP contribution in [0.3, 0.4) is 0 Å². The molecular formula is C15H18O4. The van der Waals surface area contributed by atoms with Crippen LogP contribution in [0.2, 0.25) is 0 Å². The number of aliphatic carboxylic acids is 1. The number of benzene rings is 1. The van der Waals surface area contributed by atoms with Crippen molar-refractivity contribution in [3.8, 4) is 5.75 Å². The second-order valence-corrected chi connectivity index (χ2v) is 4.89. The van der Waals surface area contributed by atoms with Crippen LogP contribution in [-0.2, 0) is 9.59 Å². The highest BCUT2D eigenvalue weighted by Crippen LogP contribution is 2.26. The third-order valence-corrected chi connectivity index (χ3v) is 3.49. The van der Waals surface area contributed by atoms with E-state index >= 15 is 0 Å². The average Bonchev–Trinajstić information content (AvgIpc) is 2.46. The van der Waals surface area contributed by atoms with E-state index < -0.39 is 12.1 Å². The zero-order valence-corrected chi connectivity index (χ0v) is 10.7. The number of carboxylic acid groups (broad SMARTS) is 1. The lowest BCUT2D eigenvalue weighted by Gasteiger charge is -2.23. The number of rotatable bonds is 5. The molecule has 102 valence electrons. The van der Waals surface area contributed by atoms with Crippen molar-refractivity contribution < 1.29 is 19.4 Å². The lowest BCUT2D eigenvalue weighted by atomic mass is 9.84. The summed E-state index contributed by atoms with van der Waals surface area (Å²) in [6.07, 6.45) is 3.29. The predicted molar refractivity (Wildman–Crippen MR) is 70.1 cm³/mol. The Labute approximate surface area is 112 Å². The fraction of sp³-hybridized carbons (Fsp3) is 0.467. The number of carboxylic acids is 1. The van der Waals surface area contributed by atoms with E-state index in [1.807, 2.05) is 6.07 Å². The van der Waals surface area contributed by atoms with Gasteiger partial charge in [-0.05, 0) is 25.0 Å². The van der Waals surface area contributed by atoms with Gasteiger partial charge in [-0.1, -0.05) is 37.5 Å². The monoisotopic (exact) mass is 262 g/mol. The molecule has 4 nitrogen and oxygen atoms in total. The summed E-state index contributed by atoms with van der Waals surface area (Å²) in [7, 11) is 0. The molecule has 0 bridgehead atoms. The Bertz CT molecular complexity index is 435. The van der Waals surface area contributed by atoms with Gasteiger partial charge >= 0.3 is 5.97 Å². The average molecular weight is 262 g/mol. The molecule has 0 spiro atoms. The van der Waals surface area contributed by atoms with Crippen molar-refractivity contribution in [3.63, 3.8) is 0 Å². The maximum Gasteiger partial charge on any atom is 0.352 e. The van der Waals surface area contributed by atoms with Crippen molar-refractivity contribution >= 4 is 11.8 Å². The highest BCUT2D eigenvalue weighted by molar-refractivity contribution is 6.02. The van der Waals surface area contributed by atoms with Crippen LogP contribution >= 0.6 is 0 Å². The summed E-state index contributed by atoms with van der Waals surface area (Å²) in [5, 5.41) is 9.19. The Kier molecular flexibility index (Phi) is 4.55. The molecule has 0 saturated heterocycles. The normalized spacial score (nSPS) is 17.7. The second kappa shape index (κ2) is 6.36. The molecular weight excluding hydrogens is 244 g/mol. The van der Waals surface area contributed by atoms with Crippen LogP contribution in [0, 0.1) is 5.92 Å². The van der Waals surface area contributed by atoms with E-state index in [9.17, 15) is 14.7 Å². The van der Waals surface area contributed by atoms with Crippen LogP contribution in [0.5, 0.6) is 5.75 Å². The molecule has 1 unspecified atom stereocenters. The molecule has 1 aromatic rings. The first kappa shape index (κ1) is 13.6. The molecule has 0 aliphatic heterocycles. The zero-order valence-electron chi connectivity index (χ0n) is 10.7. The van der Waals surface area contributed by atoms with Crippen molar-refractivity contribution in [1.82, 2.24) is 0 Å². The summed E-state index contributed by atoms with van der Waals surface area (Å²) in [5.41, 5.74) is 0. The number of ketones is 1. The summed E-state index contributed by atoms with van der Waals surface area (Å²) in [5.74, 6) is -1.26. The maximum absolute atomic E-state index is 12.2. The molecule has 0 heterocycles. The Balaban J connectivity index is 2.07. The molecule has 1 N–H and O–H groups in total. The summed E-state index contributed by atoms with van der Waals surface area (Å²) >= 11 is 0. The van der Waals surface area contributed by atoms with Crippen molar-refractivity contribution in [2.75, 3.05) is 0 Å². The number of Topliss-reactive ketones (excluding diaryl/α,β-unsaturated/α-hetero) is 1. The molecule has 0 amide bonds. The van der Waals surface area contributed by atoms with Crippen LogP contribution in [0.1, 0.15) is 32.1 Å². The van der Waals surface area contributed by atoms with Crippen LogP contribution < -0.4 is 4.74 Å². The molecule has 4 heteroatoms. The minimum absolute atomic E-state index is 0.168. The lowest BCUT2D eigenvalue weighted by Crippen LogP contribution is -2.40. The van der Waals surface area contributed by atoms with Gasteiger partial charge in [0.25, 0.3) is 6.10 Å². The van der Waals surface area contributed by atoms with Crippen LogP contribution in [-0.4, -0.2) is 23.0 Å². The first-order valence-corrected chi connectivity index (χ1v) is 6.66. The third kappa shape index (κ3) is 3.56. The summed E-state index contributed by atoms with van der Waals surface area (Å²) in [4.78, 5) is 23.5. The summed E-state index contributed by atoms with van der Waals surface area (Å²) < 4.78 is 5.34. The van der Waals surface area contributed by atoms with Crippen molar-refractivity contribution in [2.24, 2.45) is 5.92 Å². The van der Waals surface area contributed by atoms with E-state index in [0.29, 0.717) is 5.75 Å². The highest BCUT2D eigenvalue weighted by Gasteiger charge is 2.34. The number of hydrogen-bond donors (Lipinski definition) is 1. The van der Waals surface area contributed by atoms with E-state index in [2.05, 4.69) is 0 Å². The zero-order chi connectivity index (χ0) is 13.7. The standard InChI is InChI=1S/C15H18O4/c16-13(11-7-3-1-4-8-11)14(15(17)18)19-12-9-5-2-6-10-12/h2,5-6,9-11,14H,1,3-4,7-8H2,(H,17,18). The van der Waals surface area contributed by atoms with Gasteiger partial charge in [-0.2, -0.15) is 0 Å². The Morgan fingerprint density at radius 1 is 1.11 bits per heavy atom. The molecule has 2 rings (SSSR count). The number of hydrogen-bond acceptors (Lipinski definition) is 3. The molecule has 1 atom stereocenters. The number of carbonyl (C=O) groups excluding carboxylic acids is 1. The Hall–Kier alpha value is -1.84. The van der Waals surface area contributed by atoms with Gasteiger partial charge in [-0.25, -0.2) is 4.79 Å². The molecule has 1 aromatic carbocycles. The largest absolute Gasteiger partial charge is 0.478 e. The minimum atomic E-state index is -1.38. The summed E-state index contributed by atoms with van der Waals surface area (Å²) in [6, 6.07) is 8.62. The molecule has 1 fully saturated rings. The van der Waals surface area contributed by atoms with Gasteiger partial charge in [0.05, 0.1) is 0 Å². The van der Waals surface area contributed by atoms with Gasteiger partial charge in [-0.3, -0.25) is 4.79 Å². The molecule has 19 heavy (non-hydrogen) atoms. The van der Waals surface area contributed by atoms with Crippen molar-refractivity contribution in [1.29, 1.82) is 0 Å². The van der Waals surface area contributed by atoms with Crippen LogP contribution in [0.4, 0.5) is 0 Å². The van der Waals surface area contributed by atoms with E-state index in [4.69, 9.17) is 4.74 Å². The van der Waals surface area contributed by atoms with Crippen LogP contribution in [0.25, 0.3) is 0 Å². The lowest BCUT2D eigenvalue weighted by molar-refractivity contribution is -0.152. The maximum atomic E-state index is 12.2. The molecule has 1 aliphatic rings. The van der Waals surface area contributed by atoms with Gasteiger partial charge < -0.3 is 9.84 Å². The fourth-order valence-corrected chi connectivity index (χ4v) is 2.47. The van der Waals surface area contributed by atoms with Crippen molar-refractivity contribution in [3.05, 3.63) is 30.3 Å². The first-order chi connectivity index (χ1) is 9.18. The van der Waals surface area contributed by atoms with Gasteiger partial charge in [0.1, 0.15) is 5.75 Å². The molecule has 0 radical (unpaired) electrons. The molecule has 0 aromatic heterocycles. The van der Waals surface area contributed by atoms with Gasteiger partial charge in [-0.15, -0.1) is 0 Å². The minimum Gasteiger partial charge on any atom is -0.478 e. The van der Waals surface area contributed by atoms with Crippen molar-refractivity contribution in [2.45, 2.75) is 38.2 Å².